The highest BCUT2D eigenvalue weighted by Gasteiger charge is 2.33. The van der Waals surface area contributed by atoms with Gasteiger partial charge in [0.2, 0.25) is 0 Å². The fraction of sp³-hybridized carbons (Fsp3) is 0.364. The SMILES string of the molecule is CC1CC(C)(C)N(C)c2ccc(/C=N/NC(=O)COc3ccccc3I)cc21. The molecule has 28 heavy (non-hydrogen) atoms. The van der Waals surface area contributed by atoms with Crippen molar-refractivity contribution in [2.24, 2.45) is 5.10 Å². The lowest BCUT2D eigenvalue weighted by atomic mass is 9.80. The molecule has 148 valence electrons. The van der Waals surface area contributed by atoms with Crippen molar-refractivity contribution in [2.75, 3.05) is 18.6 Å². The summed E-state index contributed by atoms with van der Waals surface area (Å²) in [6, 6.07) is 13.9. The van der Waals surface area contributed by atoms with Crippen LogP contribution in [-0.2, 0) is 4.79 Å². The Labute approximate surface area is 180 Å². The molecule has 1 aliphatic heterocycles. The molecule has 0 saturated heterocycles. The van der Waals surface area contributed by atoms with Crippen LogP contribution in [0.2, 0.25) is 0 Å². The van der Waals surface area contributed by atoms with E-state index in [1.54, 1.807) is 6.21 Å². The molecule has 1 aliphatic rings. The lowest BCUT2D eigenvalue weighted by Gasteiger charge is -2.45. The number of nitrogens with one attached hydrogen (secondary N) is 1. The van der Waals surface area contributed by atoms with Gasteiger partial charge in [-0.05, 0) is 84.2 Å². The molecule has 0 spiro atoms. The molecular weight excluding hydrogens is 465 g/mol. The Morgan fingerprint density at radius 1 is 1.36 bits per heavy atom. The number of fused-ring (bicyclic) bond motifs is 1. The number of hydrogen-bond donors (Lipinski definition) is 1. The van der Waals surface area contributed by atoms with E-state index in [1.807, 2.05) is 30.3 Å². The van der Waals surface area contributed by atoms with E-state index in [1.165, 1.54) is 11.3 Å². The van der Waals surface area contributed by atoms with Crippen LogP contribution in [0.5, 0.6) is 5.75 Å². The molecule has 6 heteroatoms. The Morgan fingerprint density at radius 2 is 2.11 bits per heavy atom. The summed E-state index contributed by atoms with van der Waals surface area (Å²) in [6.07, 6.45) is 2.78. The number of carbonyl (C=O) groups excluding carboxylic acids is 1. The third-order valence-electron chi connectivity index (χ3n) is 5.26. The van der Waals surface area contributed by atoms with E-state index in [0.29, 0.717) is 11.7 Å². The van der Waals surface area contributed by atoms with Crippen LogP contribution in [0.25, 0.3) is 0 Å². The molecule has 3 rings (SSSR count). The third-order valence-corrected chi connectivity index (χ3v) is 6.15. The zero-order valence-corrected chi connectivity index (χ0v) is 18.9. The number of halogens is 1. The van der Waals surface area contributed by atoms with E-state index in [0.717, 1.165) is 15.6 Å². The first-order valence-corrected chi connectivity index (χ1v) is 10.4. The normalized spacial score (nSPS) is 18.0. The minimum Gasteiger partial charge on any atom is -0.483 e. The van der Waals surface area contributed by atoms with Crippen molar-refractivity contribution in [3.05, 3.63) is 57.2 Å². The Balaban J connectivity index is 1.60. The molecule has 0 aliphatic carbocycles. The summed E-state index contributed by atoms with van der Waals surface area (Å²) in [5, 5.41) is 4.08. The first-order chi connectivity index (χ1) is 13.3. The Kier molecular flexibility index (Phi) is 6.27. The van der Waals surface area contributed by atoms with Crippen molar-refractivity contribution in [3.8, 4) is 5.75 Å². The van der Waals surface area contributed by atoms with Gasteiger partial charge in [-0.25, -0.2) is 5.43 Å². The van der Waals surface area contributed by atoms with Gasteiger partial charge < -0.3 is 9.64 Å². The third kappa shape index (κ3) is 4.66. The molecule has 5 nitrogen and oxygen atoms in total. The highest BCUT2D eigenvalue weighted by molar-refractivity contribution is 14.1. The van der Waals surface area contributed by atoms with E-state index in [9.17, 15) is 4.79 Å². The fourth-order valence-corrected chi connectivity index (χ4v) is 4.13. The van der Waals surface area contributed by atoms with Crippen molar-refractivity contribution in [3.63, 3.8) is 0 Å². The number of hydrazone groups is 1. The van der Waals surface area contributed by atoms with Gasteiger partial charge >= 0.3 is 0 Å². The molecular formula is C22H26IN3O2. The predicted octanol–water partition coefficient (Wildman–Crippen LogP) is 4.54. The summed E-state index contributed by atoms with van der Waals surface area (Å²) in [4.78, 5) is 14.3. The van der Waals surface area contributed by atoms with E-state index in [4.69, 9.17) is 4.74 Å². The number of nitrogens with zero attached hydrogens (tertiary/aromatic N) is 2. The Morgan fingerprint density at radius 3 is 2.86 bits per heavy atom. The van der Waals surface area contributed by atoms with Gasteiger partial charge in [-0.3, -0.25) is 4.79 Å². The quantitative estimate of drug-likeness (QED) is 0.380. The highest BCUT2D eigenvalue weighted by Crippen LogP contribution is 2.42. The van der Waals surface area contributed by atoms with Gasteiger partial charge in [0.15, 0.2) is 6.61 Å². The summed E-state index contributed by atoms with van der Waals surface area (Å²) in [5.74, 6) is 0.882. The minimum absolute atomic E-state index is 0.0710. The maximum absolute atomic E-state index is 12.0. The zero-order valence-electron chi connectivity index (χ0n) is 16.7. The van der Waals surface area contributed by atoms with Gasteiger partial charge in [0.25, 0.3) is 5.91 Å². The topological polar surface area (TPSA) is 53.9 Å². The maximum Gasteiger partial charge on any atom is 0.277 e. The number of ether oxygens (including phenoxy) is 1. The molecule has 0 bridgehead atoms. The second-order valence-corrected chi connectivity index (χ2v) is 8.97. The highest BCUT2D eigenvalue weighted by atomic mass is 127. The number of benzene rings is 2. The zero-order chi connectivity index (χ0) is 20.3. The Hall–Kier alpha value is -2.09. The van der Waals surface area contributed by atoms with Crippen molar-refractivity contribution >= 4 is 40.4 Å². The molecule has 1 N–H and O–H groups in total. The van der Waals surface area contributed by atoms with Crippen molar-refractivity contribution in [2.45, 2.75) is 38.6 Å². The van der Waals surface area contributed by atoms with E-state index >= 15 is 0 Å². The van der Waals surface area contributed by atoms with E-state index < -0.39 is 0 Å². The van der Waals surface area contributed by atoms with Crippen molar-refractivity contribution in [1.29, 1.82) is 0 Å². The lowest BCUT2D eigenvalue weighted by Crippen LogP contribution is -2.45. The molecule has 1 unspecified atom stereocenters. The van der Waals surface area contributed by atoms with Crippen LogP contribution in [0.15, 0.2) is 47.6 Å². The molecule has 0 fully saturated rings. The molecule has 2 aromatic carbocycles. The minimum atomic E-state index is -0.288. The second kappa shape index (κ2) is 8.51. The van der Waals surface area contributed by atoms with Gasteiger partial charge in [-0.2, -0.15) is 5.10 Å². The molecule has 0 saturated carbocycles. The van der Waals surface area contributed by atoms with Crippen LogP contribution in [0.4, 0.5) is 5.69 Å². The molecule has 1 atom stereocenters. The number of rotatable bonds is 5. The monoisotopic (exact) mass is 491 g/mol. The maximum atomic E-state index is 12.0. The number of carbonyl (C=O) groups is 1. The van der Waals surface area contributed by atoms with Crippen molar-refractivity contribution < 1.29 is 9.53 Å². The van der Waals surface area contributed by atoms with E-state index in [-0.39, 0.29) is 18.1 Å². The van der Waals surface area contributed by atoms with Crippen LogP contribution < -0.4 is 15.1 Å². The van der Waals surface area contributed by atoms with Gasteiger partial charge in [-0.15, -0.1) is 0 Å². The average molecular weight is 491 g/mol. The summed E-state index contributed by atoms with van der Waals surface area (Å²) >= 11 is 2.18. The van der Waals surface area contributed by atoms with Crippen LogP contribution in [0.1, 0.15) is 44.2 Å². The summed E-state index contributed by atoms with van der Waals surface area (Å²) < 4.78 is 6.49. The molecule has 1 heterocycles. The standard InChI is InChI=1S/C22H26IN3O2/c1-15-12-22(2,3)26(4)19-10-9-16(11-17(15)19)13-24-25-21(27)14-28-20-8-6-5-7-18(20)23/h5-11,13,15H,12,14H2,1-4H3,(H,25,27)/b24-13+. The Bertz CT molecular complexity index is 895. The molecule has 0 aromatic heterocycles. The van der Waals surface area contributed by atoms with Gasteiger partial charge in [0.1, 0.15) is 5.75 Å². The van der Waals surface area contributed by atoms with Gasteiger partial charge in [0.05, 0.1) is 9.78 Å². The largest absolute Gasteiger partial charge is 0.483 e. The lowest BCUT2D eigenvalue weighted by molar-refractivity contribution is -0.123. The summed E-state index contributed by atoms with van der Waals surface area (Å²) in [6.45, 7) is 6.74. The average Bonchev–Trinajstić information content (AvgIpc) is 2.65. The second-order valence-electron chi connectivity index (χ2n) is 7.81. The first-order valence-electron chi connectivity index (χ1n) is 9.35. The van der Waals surface area contributed by atoms with Crippen molar-refractivity contribution in [1.82, 2.24) is 5.43 Å². The fourth-order valence-electron chi connectivity index (χ4n) is 3.59. The number of hydrogen-bond acceptors (Lipinski definition) is 4. The molecule has 1 amide bonds. The first kappa shape index (κ1) is 20.6. The smallest absolute Gasteiger partial charge is 0.277 e. The van der Waals surface area contributed by atoms with Crippen LogP contribution in [-0.4, -0.2) is 31.3 Å². The number of para-hydroxylation sites is 1. The number of anilines is 1. The predicted molar refractivity (Wildman–Crippen MR) is 122 cm³/mol. The summed E-state index contributed by atoms with van der Waals surface area (Å²) in [7, 11) is 2.15. The van der Waals surface area contributed by atoms with Gasteiger partial charge in [-0.1, -0.05) is 25.1 Å². The van der Waals surface area contributed by atoms with Crippen LogP contribution in [0, 0.1) is 3.57 Å². The van der Waals surface area contributed by atoms with E-state index in [2.05, 4.69) is 78.0 Å². The number of amides is 1. The molecule has 2 aromatic rings. The van der Waals surface area contributed by atoms with Crippen LogP contribution >= 0.6 is 22.6 Å². The summed E-state index contributed by atoms with van der Waals surface area (Å²) in [5.41, 5.74) is 6.22. The molecule has 0 radical (unpaired) electrons. The van der Waals surface area contributed by atoms with Crippen LogP contribution in [0.3, 0.4) is 0 Å². The van der Waals surface area contributed by atoms with Gasteiger partial charge in [0, 0.05) is 18.3 Å².